The Kier molecular flexibility index (Phi) is 4.10. The minimum absolute atomic E-state index is 0.758. The summed E-state index contributed by atoms with van der Waals surface area (Å²) < 4.78 is 1.23. The van der Waals surface area contributed by atoms with Crippen LogP contribution in [0.1, 0.15) is 29.6 Å². The van der Waals surface area contributed by atoms with Gasteiger partial charge >= 0.3 is 0 Å². The van der Waals surface area contributed by atoms with E-state index in [9.17, 15) is 0 Å². The number of hydrogen-bond acceptors (Lipinski definition) is 5. The predicted octanol–water partition coefficient (Wildman–Crippen LogP) is 3.81. The second kappa shape index (κ2) is 6.18. The van der Waals surface area contributed by atoms with E-state index in [0.29, 0.717) is 0 Å². The normalized spacial score (nSPS) is 11.0. The van der Waals surface area contributed by atoms with Crippen LogP contribution in [0, 0.1) is 6.92 Å². The zero-order valence-electron chi connectivity index (χ0n) is 12.3. The molecule has 0 atom stereocenters. The van der Waals surface area contributed by atoms with E-state index in [2.05, 4.69) is 46.2 Å². The van der Waals surface area contributed by atoms with E-state index in [1.54, 1.807) is 17.7 Å². The van der Waals surface area contributed by atoms with E-state index in [1.807, 2.05) is 12.1 Å². The fourth-order valence-electron chi connectivity index (χ4n) is 2.23. The molecule has 0 bridgehead atoms. The number of aromatic nitrogens is 3. The van der Waals surface area contributed by atoms with Gasteiger partial charge in [-0.3, -0.25) is 0 Å². The predicted molar refractivity (Wildman–Crippen MR) is 88.0 cm³/mol. The van der Waals surface area contributed by atoms with Crippen LogP contribution in [-0.4, -0.2) is 21.5 Å². The second-order valence-corrected chi connectivity index (χ2v) is 6.09. The average Bonchev–Trinajstić information content (AvgIpc) is 2.90. The Hall–Kier alpha value is -2.01. The summed E-state index contributed by atoms with van der Waals surface area (Å²) in [7, 11) is 0. The van der Waals surface area contributed by atoms with Crippen LogP contribution < -0.4 is 5.32 Å². The molecule has 0 aliphatic carbocycles. The summed E-state index contributed by atoms with van der Waals surface area (Å²) in [5.74, 6) is 0.933. The molecule has 0 aliphatic heterocycles. The lowest BCUT2D eigenvalue weighted by atomic mass is 10.2. The monoisotopic (exact) mass is 298 g/mol. The highest BCUT2D eigenvalue weighted by Gasteiger charge is 2.10. The third-order valence-electron chi connectivity index (χ3n) is 3.39. The van der Waals surface area contributed by atoms with Crippen molar-refractivity contribution in [3.8, 4) is 0 Å². The molecule has 0 radical (unpaired) electrons. The summed E-state index contributed by atoms with van der Waals surface area (Å²) in [5.41, 5.74) is 3.22. The van der Waals surface area contributed by atoms with Gasteiger partial charge in [-0.15, -0.1) is 11.3 Å². The van der Waals surface area contributed by atoms with E-state index in [0.717, 1.165) is 47.0 Å². The molecule has 0 saturated heterocycles. The van der Waals surface area contributed by atoms with Crippen molar-refractivity contribution in [2.24, 2.45) is 0 Å². The number of thiazole rings is 1. The summed E-state index contributed by atoms with van der Waals surface area (Å²) in [5, 5.41) is 4.44. The summed E-state index contributed by atoms with van der Waals surface area (Å²) >= 11 is 1.73. The Morgan fingerprint density at radius 1 is 1.19 bits per heavy atom. The van der Waals surface area contributed by atoms with Crippen molar-refractivity contribution in [2.45, 2.75) is 26.7 Å². The van der Waals surface area contributed by atoms with Crippen molar-refractivity contribution in [3.63, 3.8) is 0 Å². The number of benzene rings is 1. The molecule has 4 nitrogen and oxygen atoms in total. The van der Waals surface area contributed by atoms with Gasteiger partial charge in [0.25, 0.3) is 0 Å². The third-order valence-corrected chi connectivity index (χ3v) is 4.42. The van der Waals surface area contributed by atoms with Crippen LogP contribution in [0.25, 0.3) is 10.2 Å². The molecule has 3 aromatic rings. The first-order valence-corrected chi connectivity index (χ1v) is 7.98. The Bertz CT molecular complexity index is 718. The van der Waals surface area contributed by atoms with E-state index < -0.39 is 0 Å². The highest BCUT2D eigenvalue weighted by molar-refractivity contribution is 7.18. The number of rotatable bonds is 5. The van der Waals surface area contributed by atoms with Gasteiger partial charge in [-0.1, -0.05) is 19.1 Å². The third kappa shape index (κ3) is 3.03. The van der Waals surface area contributed by atoms with Crippen molar-refractivity contribution < 1.29 is 0 Å². The van der Waals surface area contributed by atoms with Crippen LogP contribution in [0.3, 0.4) is 0 Å². The fraction of sp³-hybridized carbons (Fsp3) is 0.312. The van der Waals surface area contributed by atoms with E-state index >= 15 is 0 Å². The van der Waals surface area contributed by atoms with Crippen LogP contribution in [0.2, 0.25) is 0 Å². The smallest absolute Gasteiger partial charge is 0.132 e. The summed E-state index contributed by atoms with van der Waals surface area (Å²) in [6.07, 6.45) is 3.47. The minimum Gasteiger partial charge on any atom is -0.370 e. The van der Waals surface area contributed by atoms with Gasteiger partial charge in [0, 0.05) is 18.5 Å². The number of hydrogen-bond donors (Lipinski definition) is 1. The Balaban J connectivity index is 1.87. The number of nitrogens with zero attached hydrogens (tertiary/aromatic N) is 3. The molecule has 21 heavy (non-hydrogen) atoms. The van der Waals surface area contributed by atoms with Crippen molar-refractivity contribution in [1.82, 2.24) is 15.0 Å². The Labute approximate surface area is 128 Å². The molecule has 0 spiro atoms. The first-order chi connectivity index (χ1) is 10.3. The maximum absolute atomic E-state index is 4.68. The van der Waals surface area contributed by atoms with Crippen LogP contribution in [0.15, 0.2) is 30.6 Å². The maximum Gasteiger partial charge on any atom is 0.132 e. The van der Waals surface area contributed by atoms with Gasteiger partial charge in [0.2, 0.25) is 0 Å². The lowest BCUT2D eigenvalue weighted by Crippen LogP contribution is -2.07. The standard InChI is InChI=1S/C16H18N4S/c1-3-8-17-16-11(2)13(18-10-19-16)9-15-20-12-6-4-5-7-14(12)21-15/h4-7,10H,3,8-9H2,1-2H3,(H,17,18,19). The molecule has 2 aromatic heterocycles. The van der Waals surface area contributed by atoms with Crippen LogP contribution in [0.5, 0.6) is 0 Å². The molecule has 108 valence electrons. The van der Waals surface area contributed by atoms with Gasteiger partial charge in [-0.25, -0.2) is 15.0 Å². The second-order valence-electron chi connectivity index (χ2n) is 4.97. The molecule has 1 aromatic carbocycles. The maximum atomic E-state index is 4.68. The SMILES string of the molecule is CCCNc1ncnc(Cc2nc3ccccc3s2)c1C. The lowest BCUT2D eigenvalue weighted by Gasteiger charge is -2.09. The van der Waals surface area contributed by atoms with Crippen molar-refractivity contribution >= 4 is 27.4 Å². The van der Waals surface area contributed by atoms with E-state index in [4.69, 9.17) is 0 Å². The summed E-state index contributed by atoms with van der Waals surface area (Å²) in [4.78, 5) is 13.4. The quantitative estimate of drug-likeness (QED) is 0.778. The van der Waals surface area contributed by atoms with Gasteiger partial charge in [-0.2, -0.15) is 0 Å². The van der Waals surface area contributed by atoms with Crippen LogP contribution in [0.4, 0.5) is 5.82 Å². The average molecular weight is 298 g/mol. The first kappa shape index (κ1) is 13.9. The number of nitrogens with one attached hydrogen (secondary N) is 1. The zero-order chi connectivity index (χ0) is 14.7. The van der Waals surface area contributed by atoms with Gasteiger partial charge in [-0.05, 0) is 25.5 Å². The molecule has 0 fully saturated rings. The van der Waals surface area contributed by atoms with Crippen molar-refractivity contribution in [3.05, 3.63) is 46.9 Å². The molecule has 0 aliphatic rings. The summed E-state index contributed by atoms with van der Waals surface area (Å²) in [6, 6.07) is 8.23. The highest BCUT2D eigenvalue weighted by Crippen LogP contribution is 2.25. The first-order valence-electron chi connectivity index (χ1n) is 7.16. The molecular formula is C16H18N4S. The molecule has 0 unspecified atom stereocenters. The molecule has 3 rings (SSSR count). The largest absolute Gasteiger partial charge is 0.370 e. The molecule has 5 heteroatoms. The van der Waals surface area contributed by atoms with E-state index in [1.165, 1.54) is 4.70 Å². The van der Waals surface area contributed by atoms with Gasteiger partial charge < -0.3 is 5.32 Å². The van der Waals surface area contributed by atoms with Crippen molar-refractivity contribution in [1.29, 1.82) is 0 Å². The van der Waals surface area contributed by atoms with Crippen LogP contribution in [-0.2, 0) is 6.42 Å². The fourth-order valence-corrected chi connectivity index (χ4v) is 3.20. The Morgan fingerprint density at radius 2 is 2.05 bits per heavy atom. The highest BCUT2D eigenvalue weighted by atomic mass is 32.1. The van der Waals surface area contributed by atoms with Gasteiger partial charge in [0.1, 0.15) is 12.1 Å². The zero-order valence-corrected chi connectivity index (χ0v) is 13.1. The van der Waals surface area contributed by atoms with Crippen LogP contribution >= 0.6 is 11.3 Å². The van der Waals surface area contributed by atoms with Gasteiger partial charge in [0.15, 0.2) is 0 Å². The van der Waals surface area contributed by atoms with Crippen molar-refractivity contribution in [2.75, 3.05) is 11.9 Å². The number of anilines is 1. The van der Waals surface area contributed by atoms with E-state index in [-0.39, 0.29) is 0 Å². The topological polar surface area (TPSA) is 50.7 Å². The molecule has 2 heterocycles. The van der Waals surface area contributed by atoms with Gasteiger partial charge in [0.05, 0.1) is 20.9 Å². The number of fused-ring (bicyclic) bond motifs is 1. The minimum atomic E-state index is 0.758. The number of para-hydroxylation sites is 1. The molecule has 0 amide bonds. The molecular weight excluding hydrogens is 280 g/mol. The molecule has 0 saturated carbocycles. The lowest BCUT2D eigenvalue weighted by molar-refractivity contribution is 0.939. The summed E-state index contributed by atoms with van der Waals surface area (Å²) in [6.45, 7) is 5.14. The molecule has 1 N–H and O–H groups in total. The Morgan fingerprint density at radius 3 is 2.86 bits per heavy atom.